The molecule has 2 saturated heterocycles. The Kier molecular flexibility index (Phi) is 5.15. The minimum absolute atomic E-state index is 0.0976. The van der Waals surface area contributed by atoms with Crippen molar-refractivity contribution in [1.29, 1.82) is 0 Å². The second-order valence-corrected chi connectivity index (χ2v) is 5.00. The number of ether oxygens (including phenoxy) is 2. The molecule has 2 aliphatic rings. The zero-order valence-electron chi connectivity index (χ0n) is 11.4. The number of nitrogens with one attached hydrogen (secondary N) is 1. The van der Waals surface area contributed by atoms with Gasteiger partial charge in [0.25, 0.3) is 0 Å². The molecule has 0 aromatic heterocycles. The van der Waals surface area contributed by atoms with E-state index < -0.39 is 0 Å². The number of nitrogens with zero attached hydrogens (tertiary/aromatic N) is 1. The van der Waals surface area contributed by atoms with Gasteiger partial charge in [-0.15, -0.1) is 0 Å². The van der Waals surface area contributed by atoms with E-state index in [9.17, 15) is 9.59 Å². The number of amides is 2. The van der Waals surface area contributed by atoms with Crippen LogP contribution < -0.4 is 5.32 Å². The van der Waals surface area contributed by atoms with E-state index in [4.69, 9.17) is 9.47 Å². The summed E-state index contributed by atoms with van der Waals surface area (Å²) in [5, 5.41) is 2.88. The van der Waals surface area contributed by atoms with Gasteiger partial charge in [0.1, 0.15) is 6.73 Å². The second kappa shape index (κ2) is 6.86. The Hall–Kier alpha value is -1.14. The normalized spacial score (nSPS) is 22.3. The minimum atomic E-state index is -0.387. The molecule has 0 aliphatic carbocycles. The van der Waals surface area contributed by atoms with Crippen molar-refractivity contribution in [2.75, 3.05) is 33.1 Å². The molecule has 0 spiro atoms. The van der Waals surface area contributed by atoms with Crippen molar-refractivity contribution in [3.05, 3.63) is 0 Å². The van der Waals surface area contributed by atoms with Crippen LogP contribution in [0.3, 0.4) is 0 Å². The van der Waals surface area contributed by atoms with Crippen LogP contribution in [-0.4, -0.2) is 55.9 Å². The summed E-state index contributed by atoms with van der Waals surface area (Å²) in [6.45, 7) is 4.64. The highest BCUT2D eigenvalue weighted by atomic mass is 16.5. The largest absolute Gasteiger partial charge is 0.381 e. The van der Waals surface area contributed by atoms with Crippen LogP contribution in [0.4, 0.5) is 4.79 Å². The molecule has 19 heavy (non-hydrogen) atoms. The molecule has 2 amide bonds. The lowest BCUT2D eigenvalue weighted by atomic mass is 9.88. The van der Waals surface area contributed by atoms with Gasteiger partial charge in [-0.25, -0.2) is 4.79 Å². The van der Waals surface area contributed by atoms with E-state index in [0.29, 0.717) is 39.5 Å². The third-order valence-electron chi connectivity index (χ3n) is 3.75. The number of hydrogen-bond donors (Lipinski definition) is 1. The van der Waals surface area contributed by atoms with Gasteiger partial charge in [-0.3, -0.25) is 9.69 Å². The molecule has 1 N–H and O–H groups in total. The molecule has 2 aliphatic heterocycles. The summed E-state index contributed by atoms with van der Waals surface area (Å²) >= 11 is 0. The molecule has 0 radical (unpaired) electrons. The maximum absolute atomic E-state index is 12.1. The molecular formula is C13H22N2O4. The molecule has 6 heteroatoms. The van der Waals surface area contributed by atoms with Crippen LogP contribution in [0.25, 0.3) is 0 Å². The Morgan fingerprint density at radius 1 is 1.26 bits per heavy atom. The SMILES string of the molecule is CCC(=O)C(NC(=O)N1CCOC1)C1CCOCC1. The van der Waals surface area contributed by atoms with E-state index in [0.717, 1.165) is 12.8 Å². The monoisotopic (exact) mass is 270 g/mol. The van der Waals surface area contributed by atoms with Gasteiger partial charge in [0.2, 0.25) is 0 Å². The van der Waals surface area contributed by atoms with Crippen molar-refractivity contribution >= 4 is 11.8 Å². The van der Waals surface area contributed by atoms with Crippen molar-refractivity contribution in [1.82, 2.24) is 10.2 Å². The molecule has 108 valence electrons. The number of carbonyl (C=O) groups excluding carboxylic acids is 2. The van der Waals surface area contributed by atoms with Gasteiger partial charge in [0, 0.05) is 26.2 Å². The molecule has 0 bridgehead atoms. The van der Waals surface area contributed by atoms with Crippen molar-refractivity contribution in [3.8, 4) is 0 Å². The predicted molar refractivity (Wildman–Crippen MR) is 68.7 cm³/mol. The molecule has 0 aromatic carbocycles. The number of ketones is 1. The quantitative estimate of drug-likeness (QED) is 0.819. The highest BCUT2D eigenvalue weighted by Gasteiger charge is 2.31. The van der Waals surface area contributed by atoms with Crippen LogP contribution in [0, 0.1) is 5.92 Å². The first kappa shape index (κ1) is 14.3. The van der Waals surface area contributed by atoms with E-state index >= 15 is 0 Å². The van der Waals surface area contributed by atoms with Gasteiger partial charge in [0.05, 0.1) is 12.6 Å². The Bertz CT molecular complexity index is 323. The molecule has 2 fully saturated rings. The van der Waals surface area contributed by atoms with Gasteiger partial charge in [-0.2, -0.15) is 0 Å². The molecule has 1 atom stereocenters. The van der Waals surface area contributed by atoms with E-state index in [2.05, 4.69) is 5.32 Å². The Labute approximate surface area is 113 Å². The summed E-state index contributed by atoms with van der Waals surface area (Å²) < 4.78 is 10.5. The van der Waals surface area contributed by atoms with Gasteiger partial charge in [-0.1, -0.05) is 6.92 Å². The average Bonchev–Trinajstić information content (AvgIpc) is 2.99. The first-order chi connectivity index (χ1) is 9.22. The zero-order chi connectivity index (χ0) is 13.7. The molecule has 2 heterocycles. The fourth-order valence-electron chi connectivity index (χ4n) is 2.53. The van der Waals surface area contributed by atoms with Crippen molar-refractivity contribution in [2.45, 2.75) is 32.2 Å². The highest BCUT2D eigenvalue weighted by Crippen LogP contribution is 2.20. The standard InChI is InChI=1S/C13H22N2O4/c1-2-11(16)12(10-3-6-18-7-4-10)14-13(17)15-5-8-19-9-15/h10,12H,2-9H2,1H3,(H,14,17). The Morgan fingerprint density at radius 3 is 2.58 bits per heavy atom. The number of rotatable bonds is 4. The number of hydrogen-bond acceptors (Lipinski definition) is 4. The van der Waals surface area contributed by atoms with Crippen molar-refractivity contribution in [3.63, 3.8) is 0 Å². The lowest BCUT2D eigenvalue weighted by Crippen LogP contribution is -2.51. The van der Waals surface area contributed by atoms with Gasteiger partial charge >= 0.3 is 6.03 Å². The van der Waals surface area contributed by atoms with E-state index in [1.165, 1.54) is 0 Å². The summed E-state index contributed by atoms with van der Waals surface area (Å²) in [7, 11) is 0. The van der Waals surface area contributed by atoms with Crippen molar-refractivity contribution in [2.24, 2.45) is 5.92 Å². The first-order valence-electron chi connectivity index (χ1n) is 6.96. The lowest BCUT2D eigenvalue weighted by molar-refractivity contribution is -0.122. The number of urea groups is 1. The smallest absolute Gasteiger partial charge is 0.319 e. The van der Waals surface area contributed by atoms with Crippen LogP contribution in [-0.2, 0) is 14.3 Å². The van der Waals surface area contributed by atoms with Gasteiger partial charge in [-0.05, 0) is 18.8 Å². The number of carbonyl (C=O) groups is 2. The molecule has 6 nitrogen and oxygen atoms in total. The van der Waals surface area contributed by atoms with E-state index in [1.807, 2.05) is 6.92 Å². The molecule has 2 rings (SSSR count). The Morgan fingerprint density at radius 2 is 2.00 bits per heavy atom. The maximum atomic E-state index is 12.1. The third kappa shape index (κ3) is 3.67. The van der Waals surface area contributed by atoms with Crippen LogP contribution in [0.2, 0.25) is 0 Å². The summed E-state index contributed by atoms with van der Waals surface area (Å²) in [4.78, 5) is 25.7. The summed E-state index contributed by atoms with van der Waals surface area (Å²) in [5.74, 6) is 0.286. The van der Waals surface area contributed by atoms with Crippen LogP contribution in [0.5, 0.6) is 0 Å². The van der Waals surface area contributed by atoms with Gasteiger partial charge in [0.15, 0.2) is 5.78 Å². The summed E-state index contributed by atoms with van der Waals surface area (Å²) in [6.07, 6.45) is 2.10. The Balaban J connectivity index is 1.96. The van der Waals surface area contributed by atoms with Crippen LogP contribution in [0.1, 0.15) is 26.2 Å². The summed E-state index contributed by atoms with van der Waals surface area (Å²) in [6, 6.07) is -0.585. The van der Waals surface area contributed by atoms with Crippen LogP contribution in [0.15, 0.2) is 0 Å². The third-order valence-corrected chi connectivity index (χ3v) is 3.75. The van der Waals surface area contributed by atoms with E-state index in [1.54, 1.807) is 4.90 Å². The second-order valence-electron chi connectivity index (χ2n) is 5.00. The topological polar surface area (TPSA) is 67.9 Å². The zero-order valence-corrected chi connectivity index (χ0v) is 11.4. The molecule has 1 unspecified atom stereocenters. The summed E-state index contributed by atoms with van der Waals surface area (Å²) in [5.41, 5.74) is 0. The first-order valence-corrected chi connectivity index (χ1v) is 6.96. The fourth-order valence-corrected chi connectivity index (χ4v) is 2.53. The average molecular weight is 270 g/mol. The van der Waals surface area contributed by atoms with E-state index in [-0.39, 0.29) is 23.8 Å². The fraction of sp³-hybridized carbons (Fsp3) is 0.846. The maximum Gasteiger partial charge on any atom is 0.319 e. The van der Waals surface area contributed by atoms with Crippen molar-refractivity contribution < 1.29 is 19.1 Å². The molecular weight excluding hydrogens is 248 g/mol. The minimum Gasteiger partial charge on any atom is -0.381 e. The number of Topliss-reactive ketones (excluding diaryl/α,β-unsaturated/α-hetero) is 1. The lowest BCUT2D eigenvalue weighted by Gasteiger charge is -2.31. The molecule has 0 aromatic rings. The van der Waals surface area contributed by atoms with Gasteiger partial charge < -0.3 is 14.8 Å². The predicted octanol–water partition coefficient (Wildman–Crippen LogP) is 0.760. The van der Waals surface area contributed by atoms with Crippen LogP contribution >= 0.6 is 0 Å². The highest BCUT2D eigenvalue weighted by molar-refractivity contribution is 5.88. The molecule has 0 saturated carbocycles.